The van der Waals surface area contributed by atoms with E-state index in [1.54, 1.807) is 0 Å². The first kappa shape index (κ1) is 11.9. The smallest absolute Gasteiger partial charge is 0.327 e. The molecule has 0 saturated carbocycles. The van der Waals surface area contributed by atoms with Gasteiger partial charge in [-0.2, -0.15) is 0 Å². The quantitative estimate of drug-likeness (QED) is 0.630. The van der Waals surface area contributed by atoms with Crippen LogP contribution >= 0.6 is 24.0 Å². The van der Waals surface area contributed by atoms with Crippen LogP contribution in [0, 0.1) is 0 Å². The average Bonchev–Trinajstić information content (AvgIpc) is 2.42. The van der Waals surface area contributed by atoms with Crippen molar-refractivity contribution in [3.8, 4) is 0 Å². The van der Waals surface area contributed by atoms with Crippen molar-refractivity contribution in [1.29, 1.82) is 0 Å². The second-order valence-electron chi connectivity index (χ2n) is 2.84. The van der Waals surface area contributed by atoms with Crippen molar-refractivity contribution in [3.63, 3.8) is 0 Å². The van der Waals surface area contributed by atoms with Gasteiger partial charge in [0.15, 0.2) is 0 Å². The summed E-state index contributed by atoms with van der Waals surface area (Å²) in [6.45, 7) is 0. The monoisotopic (exact) mass is 248 g/mol. The average molecular weight is 248 g/mol. The molecule has 1 unspecified atom stereocenters. The normalized spacial score (nSPS) is 18.0. The summed E-state index contributed by atoms with van der Waals surface area (Å²) in [4.78, 5) is 33.7. The molecule has 3 N–H and O–H groups in total. The minimum absolute atomic E-state index is 0.112. The summed E-state index contributed by atoms with van der Waals surface area (Å²) in [5, 5.41) is 8.85. The molecule has 1 rings (SSSR count). The number of aliphatic carboxylic acids is 1. The zero-order valence-electron chi connectivity index (χ0n) is 7.50. The molecule has 1 fully saturated rings. The molecule has 6 nitrogen and oxygen atoms in total. The molecule has 1 aliphatic rings. The van der Waals surface area contributed by atoms with Gasteiger partial charge in [0, 0.05) is 0 Å². The van der Waals surface area contributed by atoms with Gasteiger partial charge in [0.25, 0.3) is 0 Å². The number of primary amides is 1. The van der Waals surface area contributed by atoms with E-state index in [-0.39, 0.29) is 10.1 Å². The zero-order valence-corrected chi connectivity index (χ0v) is 9.14. The number of carbonyl (C=O) groups is 3. The van der Waals surface area contributed by atoms with E-state index in [0.717, 1.165) is 16.7 Å². The highest BCUT2D eigenvalue weighted by Gasteiger charge is 2.37. The van der Waals surface area contributed by atoms with Crippen molar-refractivity contribution in [2.75, 3.05) is 5.75 Å². The van der Waals surface area contributed by atoms with Gasteiger partial charge in [0.1, 0.15) is 10.4 Å². The lowest BCUT2D eigenvalue weighted by Gasteiger charge is -2.21. The van der Waals surface area contributed by atoms with Crippen LogP contribution in [0.4, 0.5) is 0 Å². The van der Waals surface area contributed by atoms with E-state index in [4.69, 9.17) is 23.1 Å². The molecule has 0 aromatic rings. The lowest BCUT2D eigenvalue weighted by molar-refractivity contribution is -0.147. The maximum atomic E-state index is 11.3. The summed E-state index contributed by atoms with van der Waals surface area (Å²) in [7, 11) is 0. The molecule has 8 heteroatoms. The molecule has 1 heterocycles. The molecule has 0 aromatic heterocycles. The molecule has 0 aliphatic carbocycles. The number of nitrogens with two attached hydrogens (primary N) is 1. The molecule has 1 atom stereocenters. The summed E-state index contributed by atoms with van der Waals surface area (Å²) in [5.41, 5.74) is 4.90. The predicted octanol–water partition coefficient (Wildman–Crippen LogP) is -0.825. The Morgan fingerprint density at radius 1 is 1.67 bits per heavy atom. The van der Waals surface area contributed by atoms with Gasteiger partial charge < -0.3 is 10.8 Å². The van der Waals surface area contributed by atoms with Crippen LogP contribution in [0.3, 0.4) is 0 Å². The first-order valence-corrected chi connectivity index (χ1v) is 5.32. The molecule has 15 heavy (non-hydrogen) atoms. The van der Waals surface area contributed by atoms with Crippen molar-refractivity contribution in [2.45, 2.75) is 12.5 Å². The van der Waals surface area contributed by atoms with Gasteiger partial charge in [-0.15, -0.1) is 0 Å². The Labute approximate surface area is 94.8 Å². The third-order valence-corrected chi connectivity index (χ3v) is 3.16. The van der Waals surface area contributed by atoms with Gasteiger partial charge >= 0.3 is 5.97 Å². The topological polar surface area (TPSA) is 101 Å². The van der Waals surface area contributed by atoms with E-state index < -0.39 is 30.2 Å². The van der Waals surface area contributed by atoms with Gasteiger partial charge in [-0.05, 0) is 0 Å². The molecular formula is C7H8N2O4S2. The van der Waals surface area contributed by atoms with Crippen molar-refractivity contribution in [2.24, 2.45) is 5.73 Å². The standard InChI is InChI=1S/C7H8N2O4S2/c8-4(10)1-3(6(12)13)9-5(11)2-15-7(9)14/h3H,1-2H2,(H2,8,10)(H,12,13). The van der Waals surface area contributed by atoms with Crippen LogP contribution in [0.1, 0.15) is 6.42 Å². The molecule has 82 valence electrons. The van der Waals surface area contributed by atoms with Gasteiger partial charge in [-0.25, -0.2) is 4.79 Å². The number of carboxylic acid groups (broad SMARTS) is 1. The van der Waals surface area contributed by atoms with Crippen LogP contribution in [-0.4, -0.2) is 43.9 Å². The van der Waals surface area contributed by atoms with E-state index >= 15 is 0 Å². The maximum Gasteiger partial charge on any atom is 0.327 e. The van der Waals surface area contributed by atoms with Crippen LogP contribution in [0.15, 0.2) is 0 Å². The second-order valence-corrected chi connectivity index (χ2v) is 4.45. The molecular weight excluding hydrogens is 240 g/mol. The van der Waals surface area contributed by atoms with Crippen molar-refractivity contribution in [1.82, 2.24) is 4.90 Å². The second kappa shape index (κ2) is 4.58. The lowest BCUT2D eigenvalue weighted by atomic mass is 10.2. The lowest BCUT2D eigenvalue weighted by Crippen LogP contribution is -2.46. The molecule has 1 aliphatic heterocycles. The zero-order chi connectivity index (χ0) is 11.6. The highest BCUT2D eigenvalue weighted by atomic mass is 32.2. The Balaban J connectivity index is 2.88. The number of carbonyl (C=O) groups excluding carboxylic acids is 2. The number of amides is 2. The third-order valence-electron chi connectivity index (χ3n) is 1.78. The SMILES string of the molecule is NC(=O)CC(C(=O)O)N1C(=O)CSC1=S. The number of thiocarbonyl (C=S) groups is 1. The first-order valence-electron chi connectivity index (χ1n) is 3.93. The minimum atomic E-state index is -1.29. The van der Waals surface area contributed by atoms with E-state index in [9.17, 15) is 14.4 Å². The molecule has 2 amide bonds. The number of hydrogen-bond acceptors (Lipinski definition) is 5. The molecule has 0 bridgehead atoms. The van der Waals surface area contributed by atoms with Gasteiger partial charge in [0.2, 0.25) is 11.8 Å². The van der Waals surface area contributed by atoms with Gasteiger partial charge in [-0.1, -0.05) is 24.0 Å². The van der Waals surface area contributed by atoms with E-state index in [0.29, 0.717) is 0 Å². The van der Waals surface area contributed by atoms with Gasteiger partial charge in [0.05, 0.1) is 12.2 Å². The number of carboxylic acids is 1. The highest BCUT2D eigenvalue weighted by molar-refractivity contribution is 8.23. The third kappa shape index (κ3) is 2.66. The fourth-order valence-corrected chi connectivity index (χ4v) is 2.31. The Morgan fingerprint density at radius 2 is 2.27 bits per heavy atom. The van der Waals surface area contributed by atoms with Crippen LogP contribution in [0.25, 0.3) is 0 Å². The highest BCUT2D eigenvalue weighted by Crippen LogP contribution is 2.23. The molecule has 0 aromatic carbocycles. The number of nitrogens with zero attached hydrogens (tertiary/aromatic N) is 1. The molecule has 1 saturated heterocycles. The Morgan fingerprint density at radius 3 is 2.60 bits per heavy atom. The molecule has 0 spiro atoms. The van der Waals surface area contributed by atoms with E-state index in [2.05, 4.69) is 0 Å². The van der Waals surface area contributed by atoms with E-state index in [1.807, 2.05) is 0 Å². The summed E-state index contributed by atoms with van der Waals surface area (Å²) in [5.74, 6) is -2.36. The Bertz CT molecular complexity index is 328. The fourth-order valence-electron chi connectivity index (χ4n) is 1.15. The van der Waals surface area contributed by atoms with Gasteiger partial charge in [-0.3, -0.25) is 14.5 Å². The number of hydrogen-bond donors (Lipinski definition) is 2. The van der Waals surface area contributed by atoms with Crippen molar-refractivity contribution >= 4 is 46.1 Å². The summed E-state index contributed by atoms with van der Waals surface area (Å²) in [6, 6.07) is -1.28. The molecule has 0 radical (unpaired) electrons. The van der Waals surface area contributed by atoms with Crippen LogP contribution < -0.4 is 5.73 Å². The summed E-state index contributed by atoms with van der Waals surface area (Å²) >= 11 is 5.90. The maximum absolute atomic E-state index is 11.3. The Kier molecular flexibility index (Phi) is 3.64. The van der Waals surface area contributed by atoms with Crippen LogP contribution in [-0.2, 0) is 14.4 Å². The number of thioether (sulfide) groups is 1. The van der Waals surface area contributed by atoms with Crippen LogP contribution in [0.5, 0.6) is 0 Å². The first-order chi connectivity index (χ1) is 6.93. The van der Waals surface area contributed by atoms with Crippen molar-refractivity contribution < 1.29 is 19.5 Å². The predicted molar refractivity (Wildman–Crippen MR) is 57.1 cm³/mol. The van der Waals surface area contributed by atoms with Crippen LogP contribution in [0.2, 0.25) is 0 Å². The Hall–Kier alpha value is -1.15. The van der Waals surface area contributed by atoms with Crippen molar-refractivity contribution in [3.05, 3.63) is 0 Å². The largest absolute Gasteiger partial charge is 0.480 e. The number of rotatable bonds is 4. The minimum Gasteiger partial charge on any atom is -0.480 e. The summed E-state index contributed by atoms with van der Waals surface area (Å²) < 4.78 is 0.175. The van der Waals surface area contributed by atoms with E-state index in [1.165, 1.54) is 0 Å². The fraction of sp³-hybridized carbons (Fsp3) is 0.429. The summed E-state index contributed by atoms with van der Waals surface area (Å²) in [6.07, 6.45) is -0.429.